The van der Waals surface area contributed by atoms with Gasteiger partial charge in [0.15, 0.2) is 5.65 Å². The molecular weight excluding hydrogens is 396 g/mol. The van der Waals surface area contributed by atoms with E-state index in [1.165, 1.54) is 0 Å². The standard InChI is InChI=1S/C21H24N8O2/c1-25-16-5-3-4-6-17(16)29(21(25)31)8-7-18(30)27-9-11-28(12-10-27)20-15-13-24-26(2)19(15)22-14-23-20/h3-6,13-14H,7-12H2,1-2H3. The molecule has 10 heteroatoms. The Kier molecular flexibility index (Phi) is 4.68. The number of amides is 1. The number of hydrogen-bond donors (Lipinski definition) is 0. The maximum atomic E-state index is 12.8. The highest BCUT2D eigenvalue weighted by Gasteiger charge is 2.24. The number of benzene rings is 1. The lowest BCUT2D eigenvalue weighted by atomic mass is 10.2. The molecule has 0 radical (unpaired) electrons. The summed E-state index contributed by atoms with van der Waals surface area (Å²) >= 11 is 0. The van der Waals surface area contributed by atoms with Crippen LogP contribution in [-0.2, 0) is 25.4 Å². The Labute approximate surface area is 178 Å². The van der Waals surface area contributed by atoms with E-state index < -0.39 is 0 Å². The number of para-hydroxylation sites is 2. The minimum absolute atomic E-state index is 0.0636. The molecule has 1 saturated heterocycles. The molecule has 0 N–H and O–H groups in total. The van der Waals surface area contributed by atoms with Crippen molar-refractivity contribution in [3.8, 4) is 0 Å². The summed E-state index contributed by atoms with van der Waals surface area (Å²) in [7, 11) is 3.62. The third-order valence-electron chi connectivity index (χ3n) is 6.04. The largest absolute Gasteiger partial charge is 0.352 e. The van der Waals surface area contributed by atoms with Crippen molar-refractivity contribution in [1.82, 2.24) is 33.8 Å². The number of rotatable bonds is 4. The zero-order chi connectivity index (χ0) is 21.5. The third kappa shape index (κ3) is 3.24. The van der Waals surface area contributed by atoms with Crippen molar-refractivity contribution in [1.29, 1.82) is 0 Å². The van der Waals surface area contributed by atoms with Crippen LogP contribution in [0.2, 0.25) is 0 Å². The zero-order valence-corrected chi connectivity index (χ0v) is 17.6. The molecule has 1 amide bonds. The van der Waals surface area contributed by atoms with Gasteiger partial charge in [0.1, 0.15) is 12.1 Å². The number of hydrogen-bond acceptors (Lipinski definition) is 6. The summed E-state index contributed by atoms with van der Waals surface area (Å²) < 4.78 is 5.04. The maximum Gasteiger partial charge on any atom is 0.328 e. The summed E-state index contributed by atoms with van der Waals surface area (Å²) in [6.45, 7) is 3.01. The van der Waals surface area contributed by atoms with E-state index in [1.54, 1.807) is 33.4 Å². The summed E-state index contributed by atoms with van der Waals surface area (Å²) in [5.74, 6) is 0.918. The number of carbonyl (C=O) groups excluding carboxylic acids is 1. The molecular formula is C21H24N8O2. The highest BCUT2D eigenvalue weighted by Crippen LogP contribution is 2.23. The molecule has 1 aromatic carbocycles. The average Bonchev–Trinajstić information content (AvgIpc) is 3.30. The topological polar surface area (TPSA) is 94.1 Å². The van der Waals surface area contributed by atoms with Crippen molar-refractivity contribution in [3.05, 3.63) is 47.3 Å². The molecule has 1 fully saturated rings. The van der Waals surface area contributed by atoms with Crippen LogP contribution in [0.1, 0.15) is 6.42 Å². The van der Waals surface area contributed by atoms with E-state index in [9.17, 15) is 9.59 Å². The van der Waals surface area contributed by atoms with Gasteiger partial charge in [-0.3, -0.25) is 18.6 Å². The van der Waals surface area contributed by atoms with E-state index in [4.69, 9.17) is 0 Å². The summed E-state index contributed by atoms with van der Waals surface area (Å²) in [4.78, 5) is 38.2. The first-order chi connectivity index (χ1) is 15.0. The van der Waals surface area contributed by atoms with E-state index in [-0.39, 0.29) is 11.6 Å². The fraction of sp³-hybridized carbons (Fsp3) is 0.381. The Bertz CT molecular complexity index is 1330. The van der Waals surface area contributed by atoms with Gasteiger partial charge in [-0.05, 0) is 12.1 Å². The van der Waals surface area contributed by atoms with Crippen molar-refractivity contribution < 1.29 is 4.79 Å². The van der Waals surface area contributed by atoms with Gasteiger partial charge in [0.25, 0.3) is 0 Å². The number of anilines is 1. The van der Waals surface area contributed by atoms with E-state index >= 15 is 0 Å². The van der Waals surface area contributed by atoms with Gasteiger partial charge in [-0.15, -0.1) is 0 Å². The lowest BCUT2D eigenvalue weighted by Crippen LogP contribution is -2.49. The number of carbonyl (C=O) groups is 1. The SMILES string of the molecule is Cn1ncc2c(N3CCN(C(=O)CCn4c(=O)n(C)c5ccccc54)CC3)ncnc21. The zero-order valence-electron chi connectivity index (χ0n) is 17.6. The molecule has 4 heterocycles. The van der Waals surface area contributed by atoms with Crippen LogP contribution in [0.15, 0.2) is 41.6 Å². The van der Waals surface area contributed by atoms with Crippen LogP contribution in [0.25, 0.3) is 22.1 Å². The summed E-state index contributed by atoms with van der Waals surface area (Å²) in [6.07, 6.45) is 3.64. The fourth-order valence-electron chi connectivity index (χ4n) is 4.31. The van der Waals surface area contributed by atoms with Crippen LogP contribution < -0.4 is 10.6 Å². The van der Waals surface area contributed by atoms with Crippen LogP contribution in [0, 0.1) is 0 Å². The van der Waals surface area contributed by atoms with Gasteiger partial charge in [0.2, 0.25) is 5.91 Å². The highest BCUT2D eigenvalue weighted by atomic mass is 16.2. The van der Waals surface area contributed by atoms with E-state index in [0.717, 1.165) is 27.9 Å². The second-order valence-electron chi connectivity index (χ2n) is 7.80. The maximum absolute atomic E-state index is 12.8. The van der Waals surface area contributed by atoms with Gasteiger partial charge in [0.05, 0.1) is 22.6 Å². The predicted molar refractivity (Wildman–Crippen MR) is 117 cm³/mol. The molecule has 0 saturated carbocycles. The molecule has 160 valence electrons. The second-order valence-corrected chi connectivity index (χ2v) is 7.80. The van der Waals surface area contributed by atoms with Crippen LogP contribution in [0.4, 0.5) is 5.82 Å². The van der Waals surface area contributed by atoms with Gasteiger partial charge < -0.3 is 9.80 Å². The first-order valence-corrected chi connectivity index (χ1v) is 10.3. The molecule has 0 bridgehead atoms. The fourth-order valence-corrected chi connectivity index (χ4v) is 4.31. The van der Waals surface area contributed by atoms with Gasteiger partial charge >= 0.3 is 5.69 Å². The molecule has 3 aromatic heterocycles. The monoisotopic (exact) mass is 420 g/mol. The molecule has 0 spiro atoms. The smallest absolute Gasteiger partial charge is 0.328 e. The van der Waals surface area contributed by atoms with Crippen molar-refractivity contribution in [3.63, 3.8) is 0 Å². The Hall–Kier alpha value is -3.69. The van der Waals surface area contributed by atoms with Gasteiger partial charge in [-0.1, -0.05) is 12.1 Å². The van der Waals surface area contributed by atoms with Crippen molar-refractivity contribution in [2.24, 2.45) is 14.1 Å². The van der Waals surface area contributed by atoms with E-state index in [1.807, 2.05) is 36.2 Å². The van der Waals surface area contributed by atoms with Gasteiger partial charge in [-0.25, -0.2) is 14.8 Å². The van der Waals surface area contributed by atoms with E-state index in [0.29, 0.717) is 39.1 Å². The molecule has 1 aliphatic rings. The Morgan fingerprint density at radius 2 is 1.77 bits per heavy atom. The molecule has 0 unspecified atom stereocenters. The third-order valence-corrected chi connectivity index (χ3v) is 6.04. The number of aromatic nitrogens is 6. The Morgan fingerprint density at radius 3 is 2.55 bits per heavy atom. The number of piperazine rings is 1. The van der Waals surface area contributed by atoms with Gasteiger partial charge in [-0.2, -0.15) is 5.10 Å². The van der Waals surface area contributed by atoms with Crippen LogP contribution >= 0.6 is 0 Å². The second kappa shape index (κ2) is 7.53. The van der Waals surface area contributed by atoms with Crippen LogP contribution in [0.5, 0.6) is 0 Å². The minimum Gasteiger partial charge on any atom is -0.352 e. The summed E-state index contributed by atoms with van der Waals surface area (Å²) in [5.41, 5.74) is 2.43. The average molecular weight is 420 g/mol. The molecule has 4 aromatic rings. The minimum atomic E-state index is -0.0944. The van der Waals surface area contributed by atoms with Crippen molar-refractivity contribution in [2.45, 2.75) is 13.0 Å². The molecule has 1 aliphatic heterocycles. The van der Waals surface area contributed by atoms with Crippen molar-refractivity contribution >= 4 is 33.8 Å². The quantitative estimate of drug-likeness (QED) is 0.484. The van der Waals surface area contributed by atoms with Gasteiger partial charge in [0, 0.05) is 53.2 Å². The lowest BCUT2D eigenvalue weighted by molar-refractivity contribution is -0.131. The summed E-state index contributed by atoms with van der Waals surface area (Å²) in [5, 5.41) is 5.19. The molecule has 0 aliphatic carbocycles. The number of fused-ring (bicyclic) bond motifs is 2. The molecule has 31 heavy (non-hydrogen) atoms. The lowest BCUT2D eigenvalue weighted by Gasteiger charge is -2.35. The first-order valence-electron chi connectivity index (χ1n) is 10.3. The molecule has 5 rings (SSSR count). The number of nitrogens with zero attached hydrogens (tertiary/aromatic N) is 8. The molecule has 0 atom stereocenters. The number of aryl methyl sites for hydroxylation is 3. The first kappa shape index (κ1) is 19.3. The predicted octanol–water partition coefficient (Wildman–Crippen LogP) is 0.756. The van der Waals surface area contributed by atoms with E-state index in [2.05, 4.69) is 20.0 Å². The highest BCUT2D eigenvalue weighted by molar-refractivity contribution is 5.87. The normalized spacial score (nSPS) is 14.6. The van der Waals surface area contributed by atoms with Crippen molar-refractivity contribution in [2.75, 3.05) is 31.1 Å². The Balaban J connectivity index is 1.25. The van der Waals surface area contributed by atoms with Crippen LogP contribution in [-0.4, -0.2) is 65.9 Å². The number of imidazole rings is 1. The Morgan fingerprint density at radius 1 is 1.03 bits per heavy atom. The summed E-state index contributed by atoms with van der Waals surface area (Å²) in [6, 6.07) is 7.65. The molecule has 10 nitrogen and oxygen atoms in total. The van der Waals surface area contributed by atoms with Crippen LogP contribution in [0.3, 0.4) is 0 Å².